The number of nitrogens with two attached hydrogens (primary N) is 1. The number of nitrogens with zero attached hydrogens (tertiary/aromatic N) is 2. The van der Waals surface area contributed by atoms with Gasteiger partial charge in [-0.2, -0.15) is 5.10 Å². The highest BCUT2D eigenvalue weighted by Gasteiger charge is 2.38. The summed E-state index contributed by atoms with van der Waals surface area (Å²) in [5.41, 5.74) is 7.04. The van der Waals surface area contributed by atoms with Gasteiger partial charge in [-0.15, -0.1) is 0 Å². The van der Waals surface area contributed by atoms with E-state index in [0.717, 1.165) is 24.2 Å². The summed E-state index contributed by atoms with van der Waals surface area (Å²) in [5.74, 6) is -0.284. The molecule has 1 aromatic heterocycles. The molecule has 0 aromatic carbocycles. The number of carbonyl (C=O) groups is 1. The lowest BCUT2D eigenvalue weighted by molar-refractivity contribution is -0.124. The van der Waals surface area contributed by atoms with E-state index in [1.807, 2.05) is 31.5 Å². The van der Waals surface area contributed by atoms with Gasteiger partial charge in [0.15, 0.2) is 0 Å². The highest BCUT2D eigenvalue weighted by molar-refractivity contribution is 5.84. The summed E-state index contributed by atoms with van der Waals surface area (Å²) in [5, 5.41) is 7.86. The van der Waals surface area contributed by atoms with Crippen LogP contribution in [0, 0.1) is 13.8 Å². The van der Waals surface area contributed by atoms with E-state index in [0.29, 0.717) is 12.5 Å². The van der Waals surface area contributed by atoms with Gasteiger partial charge in [0, 0.05) is 11.7 Å². The van der Waals surface area contributed by atoms with Crippen molar-refractivity contribution in [2.24, 2.45) is 5.73 Å². The fourth-order valence-electron chi connectivity index (χ4n) is 2.68. The summed E-state index contributed by atoms with van der Waals surface area (Å²) in [6.07, 6.45) is 2.93. The van der Waals surface area contributed by atoms with Gasteiger partial charge in [0.2, 0.25) is 5.91 Å². The zero-order chi connectivity index (χ0) is 14.2. The Morgan fingerprint density at radius 3 is 2.68 bits per heavy atom. The van der Waals surface area contributed by atoms with Crippen LogP contribution >= 0.6 is 0 Å². The molecule has 3 N–H and O–H groups in total. The Morgan fingerprint density at radius 1 is 1.63 bits per heavy atom. The van der Waals surface area contributed by atoms with Gasteiger partial charge in [-0.1, -0.05) is 0 Å². The Hall–Kier alpha value is -1.36. The maximum Gasteiger partial charge on any atom is 0.237 e. The van der Waals surface area contributed by atoms with E-state index < -0.39 is 5.54 Å². The zero-order valence-electron chi connectivity index (χ0n) is 12.2. The number of aryl methyl sites for hydroxylation is 2. The number of rotatable bonds is 6. The molecule has 0 aliphatic heterocycles. The summed E-state index contributed by atoms with van der Waals surface area (Å²) in [6.45, 7) is 7.99. The molecule has 0 saturated heterocycles. The number of primary amides is 1. The van der Waals surface area contributed by atoms with Crippen LogP contribution in [0.5, 0.6) is 0 Å². The lowest BCUT2D eigenvalue weighted by atomic mass is 9.92. The molecule has 2 unspecified atom stereocenters. The van der Waals surface area contributed by atoms with Gasteiger partial charge in [-0.05, 0) is 53.0 Å². The van der Waals surface area contributed by atoms with Crippen molar-refractivity contribution < 1.29 is 4.79 Å². The molecule has 2 rings (SSSR count). The standard InChI is InChI=1S/C14H24N4O/c1-9-7-10(2)18(17-9)11(3)8-14(4,13(15)19)16-12-5-6-12/h7,11-12,16H,5-6,8H2,1-4H3,(H2,15,19). The van der Waals surface area contributed by atoms with Crippen molar-refractivity contribution in [1.29, 1.82) is 0 Å². The third kappa shape index (κ3) is 3.15. The van der Waals surface area contributed by atoms with Crippen LogP contribution in [-0.2, 0) is 4.79 Å². The molecular weight excluding hydrogens is 240 g/mol. The van der Waals surface area contributed by atoms with Crippen molar-refractivity contribution in [2.75, 3.05) is 0 Å². The van der Waals surface area contributed by atoms with Crippen LogP contribution in [0.3, 0.4) is 0 Å². The first kappa shape index (κ1) is 14.1. The first-order valence-electron chi connectivity index (χ1n) is 6.92. The van der Waals surface area contributed by atoms with E-state index in [9.17, 15) is 4.79 Å². The normalized spacial score (nSPS) is 20.0. The summed E-state index contributed by atoms with van der Waals surface area (Å²) in [6, 6.07) is 2.63. The molecule has 1 aliphatic rings. The third-order valence-electron chi connectivity index (χ3n) is 3.81. The maximum absolute atomic E-state index is 11.8. The molecule has 2 atom stereocenters. The Kier molecular flexibility index (Phi) is 3.67. The minimum Gasteiger partial charge on any atom is -0.368 e. The molecular formula is C14H24N4O. The Morgan fingerprint density at radius 2 is 2.26 bits per heavy atom. The molecule has 0 radical (unpaired) electrons. The number of nitrogens with one attached hydrogen (secondary N) is 1. The van der Waals surface area contributed by atoms with Crippen molar-refractivity contribution in [3.63, 3.8) is 0 Å². The number of carbonyl (C=O) groups excluding carboxylic acids is 1. The highest BCUT2D eigenvalue weighted by atomic mass is 16.1. The molecule has 1 amide bonds. The smallest absolute Gasteiger partial charge is 0.237 e. The predicted molar refractivity (Wildman–Crippen MR) is 74.8 cm³/mol. The second-order valence-electron chi connectivity index (χ2n) is 6.04. The highest BCUT2D eigenvalue weighted by Crippen LogP contribution is 2.28. The topological polar surface area (TPSA) is 72.9 Å². The van der Waals surface area contributed by atoms with E-state index in [2.05, 4.69) is 17.3 Å². The molecule has 0 spiro atoms. The molecule has 0 bridgehead atoms. The van der Waals surface area contributed by atoms with Crippen LogP contribution in [0.25, 0.3) is 0 Å². The van der Waals surface area contributed by atoms with Gasteiger partial charge in [-0.25, -0.2) is 0 Å². The molecule has 1 aromatic rings. The molecule has 5 heteroatoms. The van der Waals surface area contributed by atoms with Crippen LogP contribution < -0.4 is 11.1 Å². The largest absolute Gasteiger partial charge is 0.368 e. The maximum atomic E-state index is 11.8. The van der Waals surface area contributed by atoms with E-state index in [1.165, 1.54) is 0 Å². The first-order valence-corrected chi connectivity index (χ1v) is 6.92. The van der Waals surface area contributed by atoms with Crippen LogP contribution in [-0.4, -0.2) is 27.3 Å². The summed E-state index contributed by atoms with van der Waals surface area (Å²) < 4.78 is 1.98. The van der Waals surface area contributed by atoms with Crippen molar-refractivity contribution in [2.45, 2.75) is 64.6 Å². The molecule has 106 valence electrons. The Balaban J connectivity index is 2.12. The van der Waals surface area contributed by atoms with E-state index in [4.69, 9.17) is 5.73 Å². The molecule has 5 nitrogen and oxygen atoms in total. The van der Waals surface area contributed by atoms with E-state index in [1.54, 1.807) is 0 Å². The number of amides is 1. The fourth-order valence-corrected chi connectivity index (χ4v) is 2.68. The van der Waals surface area contributed by atoms with Crippen molar-refractivity contribution in [1.82, 2.24) is 15.1 Å². The van der Waals surface area contributed by atoms with Gasteiger partial charge in [-0.3, -0.25) is 9.48 Å². The van der Waals surface area contributed by atoms with Crippen LogP contribution in [0.4, 0.5) is 0 Å². The average Bonchev–Trinajstić information content (AvgIpc) is 3.02. The molecule has 1 saturated carbocycles. The Bertz CT molecular complexity index is 478. The lowest BCUT2D eigenvalue weighted by Gasteiger charge is -2.31. The molecule has 1 heterocycles. The van der Waals surface area contributed by atoms with Gasteiger partial charge in [0.25, 0.3) is 0 Å². The Labute approximate surface area is 114 Å². The third-order valence-corrected chi connectivity index (χ3v) is 3.81. The minimum atomic E-state index is -0.660. The van der Waals surface area contributed by atoms with Gasteiger partial charge < -0.3 is 11.1 Å². The molecule has 1 aliphatic carbocycles. The van der Waals surface area contributed by atoms with Crippen molar-refractivity contribution in [3.8, 4) is 0 Å². The lowest BCUT2D eigenvalue weighted by Crippen LogP contribution is -2.55. The summed E-state index contributed by atoms with van der Waals surface area (Å²) in [7, 11) is 0. The SMILES string of the molecule is Cc1cc(C)n(C(C)CC(C)(NC2CC2)C(N)=O)n1. The van der Waals surface area contributed by atoms with Gasteiger partial charge >= 0.3 is 0 Å². The monoisotopic (exact) mass is 264 g/mol. The molecule has 1 fully saturated rings. The zero-order valence-corrected chi connectivity index (χ0v) is 12.2. The quantitative estimate of drug-likeness (QED) is 0.816. The summed E-state index contributed by atoms with van der Waals surface area (Å²) in [4.78, 5) is 11.8. The number of aromatic nitrogens is 2. The van der Waals surface area contributed by atoms with Crippen molar-refractivity contribution in [3.05, 3.63) is 17.5 Å². The van der Waals surface area contributed by atoms with Gasteiger partial charge in [0.1, 0.15) is 0 Å². The van der Waals surface area contributed by atoms with Crippen LogP contribution in [0.2, 0.25) is 0 Å². The second-order valence-corrected chi connectivity index (χ2v) is 6.04. The van der Waals surface area contributed by atoms with E-state index in [-0.39, 0.29) is 11.9 Å². The number of hydrogen-bond donors (Lipinski definition) is 2. The fraction of sp³-hybridized carbons (Fsp3) is 0.714. The summed E-state index contributed by atoms with van der Waals surface area (Å²) >= 11 is 0. The van der Waals surface area contributed by atoms with Crippen molar-refractivity contribution >= 4 is 5.91 Å². The predicted octanol–water partition coefficient (Wildman–Crippen LogP) is 1.45. The van der Waals surface area contributed by atoms with Gasteiger partial charge in [0.05, 0.1) is 17.3 Å². The minimum absolute atomic E-state index is 0.137. The number of hydrogen-bond acceptors (Lipinski definition) is 3. The molecule has 19 heavy (non-hydrogen) atoms. The first-order chi connectivity index (χ1) is 8.82. The van der Waals surface area contributed by atoms with Crippen LogP contribution in [0.1, 0.15) is 50.5 Å². The van der Waals surface area contributed by atoms with Crippen LogP contribution in [0.15, 0.2) is 6.07 Å². The van der Waals surface area contributed by atoms with E-state index >= 15 is 0 Å². The second kappa shape index (κ2) is 4.96. The average molecular weight is 264 g/mol.